The number of amides is 1. The minimum Gasteiger partial charge on any atom is -0.338 e. The molecule has 27 heavy (non-hydrogen) atoms. The van der Waals surface area contributed by atoms with Gasteiger partial charge in [-0.3, -0.25) is 4.79 Å². The largest absolute Gasteiger partial charge is 0.338 e. The molecule has 1 aliphatic rings. The molecule has 2 aromatic rings. The Morgan fingerprint density at radius 1 is 1.30 bits per heavy atom. The molecule has 1 saturated heterocycles. The first-order valence-electron chi connectivity index (χ1n) is 8.96. The van der Waals surface area contributed by atoms with Gasteiger partial charge in [-0.05, 0) is 25.8 Å². The molecule has 1 aromatic heterocycles. The monoisotopic (exact) mass is 408 g/mol. The number of thioether (sulfide) groups is 1. The highest BCUT2D eigenvalue weighted by atomic mass is 32.2. The van der Waals surface area contributed by atoms with Crippen molar-refractivity contribution in [1.29, 1.82) is 0 Å². The molecule has 0 N–H and O–H groups in total. The number of rotatable bonds is 7. The van der Waals surface area contributed by atoms with E-state index in [1.165, 1.54) is 11.8 Å². The predicted molar refractivity (Wildman–Crippen MR) is 105 cm³/mol. The number of benzene rings is 1. The van der Waals surface area contributed by atoms with Crippen LogP contribution in [0.15, 0.2) is 35.5 Å². The van der Waals surface area contributed by atoms with Crippen LogP contribution in [0.2, 0.25) is 0 Å². The van der Waals surface area contributed by atoms with Gasteiger partial charge in [0.25, 0.3) is 0 Å². The van der Waals surface area contributed by atoms with E-state index in [0.717, 1.165) is 11.4 Å². The molecule has 1 atom stereocenters. The van der Waals surface area contributed by atoms with Crippen LogP contribution in [-0.4, -0.2) is 63.8 Å². The lowest BCUT2D eigenvalue weighted by molar-refractivity contribution is -0.129. The van der Waals surface area contributed by atoms with Crippen molar-refractivity contribution in [2.45, 2.75) is 38.0 Å². The number of sulfone groups is 1. The molecule has 146 valence electrons. The fourth-order valence-electron chi connectivity index (χ4n) is 3.28. The van der Waals surface area contributed by atoms with Crippen LogP contribution in [0.1, 0.15) is 24.7 Å². The van der Waals surface area contributed by atoms with E-state index in [1.54, 1.807) is 4.90 Å². The van der Waals surface area contributed by atoms with Crippen LogP contribution in [0.25, 0.3) is 0 Å². The fraction of sp³-hybridized carbons (Fsp3) is 0.500. The first-order valence-corrected chi connectivity index (χ1v) is 11.8. The minimum atomic E-state index is -3.02. The summed E-state index contributed by atoms with van der Waals surface area (Å²) in [6.07, 6.45) is 0.524. The van der Waals surface area contributed by atoms with Gasteiger partial charge in [0, 0.05) is 12.6 Å². The lowest BCUT2D eigenvalue weighted by Crippen LogP contribution is -2.42. The second-order valence-electron chi connectivity index (χ2n) is 6.63. The van der Waals surface area contributed by atoms with E-state index in [-0.39, 0.29) is 29.2 Å². The molecule has 1 aliphatic heterocycles. The smallest absolute Gasteiger partial charge is 0.233 e. The molecule has 3 rings (SSSR count). The summed E-state index contributed by atoms with van der Waals surface area (Å²) >= 11 is 1.35. The summed E-state index contributed by atoms with van der Waals surface area (Å²) in [6.45, 7) is 4.93. The summed E-state index contributed by atoms with van der Waals surface area (Å²) in [5.74, 6) is 1.19. The number of aromatic nitrogens is 3. The number of nitrogens with zero attached hydrogens (tertiary/aromatic N) is 4. The van der Waals surface area contributed by atoms with Crippen molar-refractivity contribution in [1.82, 2.24) is 19.7 Å². The van der Waals surface area contributed by atoms with Crippen molar-refractivity contribution < 1.29 is 13.2 Å². The van der Waals surface area contributed by atoms with E-state index in [0.29, 0.717) is 24.7 Å². The highest BCUT2D eigenvalue weighted by Gasteiger charge is 2.33. The van der Waals surface area contributed by atoms with Crippen molar-refractivity contribution in [2.75, 3.05) is 23.8 Å². The molecule has 0 bridgehead atoms. The Morgan fingerprint density at radius 2 is 2.04 bits per heavy atom. The third kappa shape index (κ3) is 4.90. The average Bonchev–Trinajstić information content (AvgIpc) is 3.17. The second kappa shape index (κ2) is 8.43. The molecule has 1 aromatic carbocycles. The molecule has 2 heterocycles. The van der Waals surface area contributed by atoms with E-state index in [2.05, 4.69) is 10.2 Å². The Hall–Kier alpha value is -1.87. The lowest BCUT2D eigenvalue weighted by Gasteiger charge is -2.26. The Balaban J connectivity index is 1.65. The van der Waals surface area contributed by atoms with Gasteiger partial charge in [-0.25, -0.2) is 8.42 Å². The molecule has 7 nitrogen and oxygen atoms in total. The molecular formula is C18H24N4O3S2. The first-order chi connectivity index (χ1) is 12.9. The van der Waals surface area contributed by atoms with Gasteiger partial charge in [0.2, 0.25) is 5.91 Å². The lowest BCUT2D eigenvalue weighted by atomic mass is 10.2. The van der Waals surface area contributed by atoms with Crippen molar-refractivity contribution in [2.24, 2.45) is 0 Å². The van der Waals surface area contributed by atoms with Gasteiger partial charge >= 0.3 is 0 Å². The number of hydrogen-bond donors (Lipinski definition) is 0. The average molecular weight is 409 g/mol. The van der Waals surface area contributed by atoms with Crippen LogP contribution in [0.4, 0.5) is 0 Å². The maximum absolute atomic E-state index is 12.7. The first kappa shape index (κ1) is 19.9. The van der Waals surface area contributed by atoms with Crippen LogP contribution < -0.4 is 0 Å². The van der Waals surface area contributed by atoms with Crippen LogP contribution in [-0.2, 0) is 21.2 Å². The van der Waals surface area contributed by atoms with Crippen LogP contribution in [0, 0.1) is 6.92 Å². The van der Waals surface area contributed by atoms with Gasteiger partial charge < -0.3 is 9.47 Å². The maximum atomic E-state index is 12.7. The molecule has 0 radical (unpaired) electrons. The van der Waals surface area contributed by atoms with Crippen molar-refractivity contribution in [3.63, 3.8) is 0 Å². The predicted octanol–water partition coefficient (Wildman–Crippen LogP) is 1.76. The van der Waals surface area contributed by atoms with E-state index in [9.17, 15) is 13.2 Å². The zero-order valence-electron chi connectivity index (χ0n) is 15.5. The Morgan fingerprint density at radius 3 is 2.67 bits per heavy atom. The normalized spacial score (nSPS) is 18.5. The molecule has 1 fully saturated rings. The third-order valence-electron chi connectivity index (χ3n) is 4.72. The molecule has 1 amide bonds. The van der Waals surface area contributed by atoms with Crippen LogP contribution in [0.5, 0.6) is 0 Å². The zero-order chi connectivity index (χ0) is 19.4. The zero-order valence-corrected chi connectivity index (χ0v) is 17.2. The van der Waals surface area contributed by atoms with Gasteiger partial charge in [-0.1, -0.05) is 42.1 Å². The molecule has 9 heteroatoms. The number of carbonyl (C=O) groups excluding carboxylic acids is 1. The maximum Gasteiger partial charge on any atom is 0.233 e. The fourth-order valence-corrected chi connectivity index (χ4v) is 5.89. The molecule has 0 saturated carbocycles. The molecule has 0 spiro atoms. The van der Waals surface area contributed by atoms with Gasteiger partial charge in [0.15, 0.2) is 15.0 Å². The Bertz CT molecular complexity index is 897. The minimum absolute atomic E-state index is 0.0588. The van der Waals surface area contributed by atoms with E-state index in [1.807, 2.05) is 48.7 Å². The highest BCUT2D eigenvalue weighted by Crippen LogP contribution is 2.22. The van der Waals surface area contributed by atoms with Crippen LogP contribution >= 0.6 is 11.8 Å². The van der Waals surface area contributed by atoms with Crippen molar-refractivity contribution in [3.8, 4) is 0 Å². The van der Waals surface area contributed by atoms with Crippen LogP contribution in [0.3, 0.4) is 0 Å². The quantitative estimate of drug-likeness (QED) is 0.649. The summed E-state index contributed by atoms with van der Waals surface area (Å²) in [5.41, 5.74) is 1.14. The van der Waals surface area contributed by atoms with Gasteiger partial charge in [-0.15, -0.1) is 10.2 Å². The summed E-state index contributed by atoms with van der Waals surface area (Å²) in [7, 11) is -3.02. The van der Waals surface area contributed by atoms with Gasteiger partial charge in [-0.2, -0.15) is 0 Å². The van der Waals surface area contributed by atoms with Gasteiger partial charge in [0.05, 0.1) is 23.8 Å². The van der Waals surface area contributed by atoms with Crippen molar-refractivity contribution in [3.05, 3.63) is 41.7 Å². The van der Waals surface area contributed by atoms with E-state index < -0.39 is 9.84 Å². The Labute approximate surface area is 164 Å². The number of hydrogen-bond acceptors (Lipinski definition) is 6. The Kier molecular flexibility index (Phi) is 6.21. The van der Waals surface area contributed by atoms with Crippen molar-refractivity contribution >= 4 is 27.5 Å². The topological polar surface area (TPSA) is 85.2 Å². The summed E-state index contributed by atoms with van der Waals surface area (Å²) in [5, 5.41) is 9.03. The summed E-state index contributed by atoms with van der Waals surface area (Å²) in [6, 6.07) is 9.81. The highest BCUT2D eigenvalue weighted by molar-refractivity contribution is 7.99. The van der Waals surface area contributed by atoms with E-state index in [4.69, 9.17) is 0 Å². The van der Waals surface area contributed by atoms with E-state index >= 15 is 0 Å². The molecule has 0 aliphatic carbocycles. The number of carbonyl (C=O) groups is 1. The summed E-state index contributed by atoms with van der Waals surface area (Å²) < 4.78 is 25.4. The number of aryl methyl sites for hydroxylation is 1. The SMILES string of the molecule is CCN(C(=O)CSc1nnc(C)n1Cc1ccccc1)[C@H]1CCS(=O)(=O)C1. The molecular weight excluding hydrogens is 384 g/mol. The standard InChI is InChI=1S/C18H24N4O3S2/c1-3-21(16-9-10-27(24,25)13-16)17(23)12-26-18-20-19-14(2)22(18)11-15-7-5-4-6-8-15/h4-8,16H,3,9-13H2,1-2H3/t16-/m0/s1. The second-order valence-corrected chi connectivity index (χ2v) is 9.80. The van der Waals surface area contributed by atoms with Gasteiger partial charge in [0.1, 0.15) is 5.82 Å². The summed E-state index contributed by atoms with van der Waals surface area (Å²) in [4.78, 5) is 14.4. The third-order valence-corrected chi connectivity index (χ3v) is 7.42. The molecule has 0 unspecified atom stereocenters.